The van der Waals surface area contributed by atoms with Crippen LogP contribution in [0.4, 0.5) is 0 Å². The molecule has 2 rings (SSSR count). The molecule has 5 nitrogen and oxygen atoms in total. The third kappa shape index (κ3) is 2.75. The number of aliphatic hydroxyl groups excluding tert-OH is 1. The number of hydrogen-bond donors (Lipinski definition) is 2. The number of carbonyl (C=O) groups excluding carboxylic acids is 1. The quantitative estimate of drug-likeness (QED) is 0.856. The lowest BCUT2D eigenvalue weighted by molar-refractivity contribution is 0.0879. The summed E-state index contributed by atoms with van der Waals surface area (Å²) in [4.78, 5) is 11.8. The molecule has 1 heterocycles. The largest absolute Gasteiger partial charge is 0.394 e. The van der Waals surface area contributed by atoms with E-state index in [0.717, 1.165) is 5.56 Å². The molecule has 0 aliphatic rings. The number of nitrogens with one attached hydrogen (secondary N) is 1. The fraction of sp³-hybridized carbons (Fsp3) is 0.231. The fourth-order valence-electron chi connectivity index (χ4n) is 1.62. The van der Waals surface area contributed by atoms with E-state index < -0.39 is 11.9 Å². The van der Waals surface area contributed by atoms with Gasteiger partial charge in [0.25, 0.3) is 5.91 Å². The van der Waals surface area contributed by atoms with Crippen LogP contribution in [0, 0.1) is 6.92 Å². The fourth-order valence-corrected chi connectivity index (χ4v) is 1.62. The first-order valence-electron chi connectivity index (χ1n) is 5.60. The molecule has 0 saturated carbocycles. The van der Waals surface area contributed by atoms with Crippen LogP contribution >= 0.6 is 0 Å². The number of hydrogen-bond acceptors (Lipinski definition) is 4. The minimum atomic E-state index is -0.455. The molecule has 2 aromatic rings. The average Bonchev–Trinajstić information content (AvgIpc) is 2.83. The molecule has 2 N–H and O–H groups in total. The number of amides is 1. The first kappa shape index (κ1) is 12.3. The molecule has 0 fully saturated rings. The Balaban J connectivity index is 2.10. The third-order valence-electron chi connectivity index (χ3n) is 2.54. The molecular formula is C13H14N2O3. The number of rotatable bonds is 4. The highest BCUT2D eigenvalue weighted by molar-refractivity contribution is 5.91. The summed E-state index contributed by atoms with van der Waals surface area (Å²) in [5.74, 6) is -0.250. The van der Waals surface area contributed by atoms with Crippen molar-refractivity contribution < 1.29 is 14.4 Å². The molecule has 0 aliphatic heterocycles. The van der Waals surface area contributed by atoms with Crippen LogP contribution in [-0.2, 0) is 0 Å². The van der Waals surface area contributed by atoms with Gasteiger partial charge in [-0.05, 0) is 12.5 Å². The second-order valence-corrected chi connectivity index (χ2v) is 3.95. The summed E-state index contributed by atoms with van der Waals surface area (Å²) in [6.07, 6.45) is 0. The minimum Gasteiger partial charge on any atom is -0.394 e. The van der Waals surface area contributed by atoms with Crippen LogP contribution in [0.3, 0.4) is 0 Å². The van der Waals surface area contributed by atoms with Crippen molar-refractivity contribution in [3.63, 3.8) is 0 Å². The summed E-state index contributed by atoms with van der Waals surface area (Å²) in [7, 11) is 0. The summed E-state index contributed by atoms with van der Waals surface area (Å²) in [5.41, 5.74) is 1.48. The van der Waals surface area contributed by atoms with E-state index in [1.807, 2.05) is 30.3 Å². The molecule has 1 atom stereocenters. The topological polar surface area (TPSA) is 75.4 Å². The van der Waals surface area contributed by atoms with Gasteiger partial charge in [-0.3, -0.25) is 4.79 Å². The van der Waals surface area contributed by atoms with Crippen LogP contribution in [0.2, 0.25) is 0 Å². The maximum absolute atomic E-state index is 11.8. The molecule has 0 unspecified atom stereocenters. The molecule has 5 heteroatoms. The van der Waals surface area contributed by atoms with Gasteiger partial charge in [0, 0.05) is 6.07 Å². The number of aromatic nitrogens is 1. The van der Waals surface area contributed by atoms with E-state index in [9.17, 15) is 9.90 Å². The minimum absolute atomic E-state index is 0.141. The Morgan fingerprint density at radius 2 is 2.17 bits per heavy atom. The maximum Gasteiger partial charge on any atom is 0.290 e. The number of nitrogens with zero attached hydrogens (tertiary/aromatic N) is 1. The van der Waals surface area contributed by atoms with E-state index in [1.165, 1.54) is 0 Å². The molecule has 1 aromatic heterocycles. The lowest BCUT2D eigenvalue weighted by Crippen LogP contribution is -2.30. The maximum atomic E-state index is 11.8. The standard InChI is InChI=1S/C13H14N2O3/c1-9-7-12(18-15-9)13(17)14-11(8-16)10-5-3-2-4-6-10/h2-7,11,16H,8H2,1H3,(H,14,17)/t11-/m0/s1. The summed E-state index contributed by atoms with van der Waals surface area (Å²) in [5, 5.41) is 15.7. The Labute approximate surface area is 104 Å². The zero-order chi connectivity index (χ0) is 13.0. The molecule has 0 bridgehead atoms. The van der Waals surface area contributed by atoms with Gasteiger partial charge in [0.15, 0.2) is 0 Å². The second kappa shape index (κ2) is 5.46. The van der Waals surface area contributed by atoms with Crippen molar-refractivity contribution in [2.45, 2.75) is 13.0 Å². The van der Waals surface area contributed by atoms with Gasteiger partial charge in [0.05, 0.1) is 18.3 Å². The van der Waals surface area contributed by atoms with Crippen LogP contribution in [0.25, 0.3) is 0 Å². The van der Waals surface area contributed by atoms with Crippen molar-refractivity contribution in [3.05, 3.63) is 53.4 Å². The number of carbonyl (C=O) groups is 1. The molecule has 0 saturated heterocycles. The number of aliphatic hydroxyl groups is 1. The van der Waals surface area contributed by atoms with Crippen molar-refractivity contribution in [1.82, 2.24) is 10.5 Å². The Kier molecular flexibility index (Phi) is 3.74. The van der Waals surface area contributed by atoms with Gasteiger partial charge in [-0.1, -0.05) is 35.5 Å². The van der Waals surface area contributed by atoms with E-state index in [4.69, 9.17) is 4.52 Å². The lowest BCUT2D eigenvalue weighted by atomic mass is 10.1. The van der Waals surface area contributed by atoms with Gasteiger partial charge in [0.1, 0.15) is 0 Å². The molecular weight excluding hydrogens is 232 g/mol. The van der Waals surface area contributed by atoms with Crippen LogP contribution in [0.1, 0.15) is 27.9 Å². The molecule has 18 heavy (non-hydrogen) atoms. The Morgan fingerprint density at radius 3 is 2.72 bits per heavy atom. The van der Waals surface area contributed by atoms with Crippen molar-refractivity contribution in [2.24, 2.45) is 0 Å². The van der Waals surface area contributed by atoms with Crippen LogP contribution in [-0.4, -0.2) is 22.8 Å². The molecule has 1 amide bonds. The van der Waals surface area contributed by atoms with Gasteiger partial charge < -0.3 is 14.9 Å². The third-order valence-corrected chi connectivity index (χ3v) is 2.54. The van der Waals surface area contributed by atoms with Gasteiger partial charge >= 0.3 is 0 Å². The van der Waals surface area contributed by atoms with Gasteiger partial charge in [-0.15, -0.1) is 0 Å². The van der Waals surface area contributed by atoms with Crippen molar-refractivity contribution >= 4 is 5.91 Å². The Bertz CT molecular complexity index is 522. The smallest absolute Gasteiger partial charge is 0.290 e. The van der Waals surface area contributed by atoms with Gasteiger partial charge in [-0.2, -0.15) is 0 Å². The highest BCUT2D eigenvalue weighted by Gasteiger charge is 2.17. The zero-order valence-corrected chi connectivity index (χ0v) is 9.96. The van der Waals surface area contributed by atoms with Crippen LogP contribution in [0.15, 0.2) is 40.9 Å². The predicted molar refractivity (Wildman–Crippen MR) is 65.0 cm³/mol. The van der Waals surface area contributed by atoms with Crippen molar-refractivity contribution in [3.8, 4) is 0 Å². The highest BCUT2D eigenvalue weighted by atomic mass is 16.5. The van der Waals surface area contributed by atoms with E-state index in [0.29, 0.717) is 5.69 Å². The molecule has 0 aliphatic carbocycles. The SMILES string of the molecule is Cc1cc(C(=O)N[C@@H](CO)c2ccccc2)on1. The highest BCUT2D eigenvalue weighted by Crippen LogP contribution is 2.13. The zero-order valence-electron chi connectivity index (χ0n) is 9.96. The Morgan fingerprint density at radius 1 is 1.44 bits per heavy atom. The normalized spacial score (nSPS) is 12.1. The predicted octanol–water partition coefficient (Wildman–Crippen LogP) is 1.45. The monoisotopic (exact) mass is 246 g/mol. The summed E-state index contributed by atoms with van der Waals surface area (Å²) < 4.78 is 4.86. The van der Waals surface area contributed by atoms with Crippen molar-refractivity contribution in [1.29, 1.82) is 0 Å². The van der Waals surface area contributed by atoms with E-state index >= 15 is 0 Å². The number of benzene rings is 1. The first-order valence-corrected chi connectivity index (χ1v) is 5.60. The van der Waals surface area contributed by atoms with E-state index in [2.05, 4.69) is 10.5 Å². The summed E-state index contributed by atoms with van der Waals surface area (Å²) >= 11 is 0. The van der Waals surface area contributed by atoms with Crippen molar-refractivity contribution in [2.75, 3.05) is 6.61 Å². The summed E-state index contributed by atoms with van der Waals surface area (Å²) in [6.45, 7) is 1.56. The molecule has 0 radical (unpaired) electrons. The second-order valence-electron chi connectivity index (χ2n) is 3.95. The molecule has 94 valence electrons. The Hall–Kier alpha value is -2.14. The molecule has 1 aromatic carbocycles. The lowest BCUT2D eigenvalue weighted by Gasteiger charge is -2.15. The van der Waals surface area contributed by atoms with Crippen LogP contribution < -0.4 is 5.32 Å². The summed E-state index contributed by atoms with van der Waals surface area (Å²) in [6, 6.07) is 10.4. The first-order chi connectivity index (χ1) is 8.70. The van der Waals surface area contributed by atoms with E-state index in [1.54, 1.807) is 13.0 Å². The average molecular weight is 246 g/mol. The van der Waals surface area contributed by atoms with Gasteiger partial charge in [0.2, 0.25) is 5.76 Å². The molecule has 0 spiro atoms. The van der Waals surface area contributed by atoms with E-state index in [-0.39, 0.29) is 12.4 Å². The van der Waals surface area contributed by atoms with Crippen LogP contribution in [0.5, 0.6) is 0 Å². The number of aryl methyl sites for hydroxylation is 1. The van der Waals surface area contributed by atoms with Gasteiger partial charge in [-0.25, -0.2) is 0 Å².